The van der Waals surface area contributed by atoms with E-state index >= 15 is 0 Å². The number of amides is 2. The summed E-state index contributed by atoms with van der Waals surface area (Å²) in [6.07, 6.45) is 3.59. The fourth-order valence-electron chi connectivity index (χ4n) is 4.34. The van der Waals surface area contributed by atoms with E-state index in [9.17, 15) is 14.0 Å². The van der Waals surface area contributed by atoms with E-state index in [1.807, 2.05) is 37.3 Å². The van der Waals surface area contributed by atoms with E-state index in [1.54, 1.807) is 11.0 Å². The second-order valence-electron chi connectivity index (χ2n) is 8.27. The minimum atomic E-state index is -0.420. The maximum atomic E-state index is 14.6. The van der Waals surface area contributed by atoms with Crippen LogP contribution in [0.2, 0.25) is 0 Å². The molecule has 0 bridgehead atoms. The lowest BCUT2D eigenvalue weighted by atomic mass is 9.96. The number of hydrogen-bond acceptors (Lipinski definition) is 3. The molecule has 0 radical (unpaired) electrons. The average molecular weight is 410 g/mol. The molecule has 1 unspecified atom stereocenters. The molecule has 2 aromatic rings. The molecule has 4 rings (SSSR count). The van der Waals surface area contributed by atoms with Crippen LogP contribution < -0.4 is 10.2 Å². The number of aryl methyl sites for hydroxylation is 1. The predicted octanol–water partition coefficient (Wildman–Crippen LogP) is 4.23. The largest absolute Gasteiger partial charge is 0.370 e. The van der Waals surface area contributed by atoms with Crippen LogP contribution in [-0.4, -0.2) is 42.9 Å². The van der Waals surface area contributed by atoms with Crippen LogP contribution in [0.15, 0.2) is 42.5 Å². The van der Waals surface area contributed by atoms with Gasteiger partial charge in [-0.2, -0.15) is 0 Å². The van der Waals surface area contributed by atoms with Crippen molar-refractivity contribution in [2.45, 2.75) is 32.6 Å². The average Bonchev–Trinajstić information content (AvgIpc) is 3.30. The van der Waals surface area contributed by atoms with Crippen molar-refractivity contribution in [1.29, 1.82) is 0 Å². The second-order valence-corrected chi connectivity index (χ2v) is 8.27. The van der Waals surface area contributed by atoms with Gasteiger partial charge >= 0.3 is 0 Å². The van der Waals surface area contributed by atoms with Gasteiger partial charge in [-0.05, 0) is 56.9 Å². The molecule has 0 saturated carbocycles. The molecular weight excluding hydrogens is 381 g/mol. The number of halogens is 1. The molecular formula is C24H28FN3O2. The topological polar surface area (TPSA) is 52.7 Å². The smallest absolute Gasteiger partial charge is 0.253 e. The standard InChI is InChI=1S/C24H28FN3O2/c1-17-9-11-18(12-10-17)24(30)28-15-5-6-19(16-28)23(29)26-22-20(25)7-4-8-21(22)27-13-2-3-14-27/h4,7-12,19H,2-3,5-6,13-16H2,1H3,(H,26,29). The van der Waals surface area contributed by atoms with E-state index < -0.39 is 5.82 Å². The number of piperidine rings is 1. The van der Waals surface area contributed by atoms with Crippen LogP contribution in [0.1, 0.15) is 41.6 Å². The lowest BCUT2D eigenvalue weighted by Crippen LogP contribution is -2.44. The van der Waals surface area contributed by atoms with E-state index in [1.165, 1.54) is 6.07 Å². The lowest BCUT2D eigenvalue weighted by molar-refractivity contribution is -0.121. The summed E-state index contributed by atoms with van der Waals surface area (Å²) >= 11 is 0. The molecule has 1 N–H and O–H groups in total. The number of nitrogens with zero attached hydrogens (tertiary/aromatic N) is 2. The fourth-order valence-corrected chi connectivity index (χ4v) is 4.34. The second kappa shape index (κ2) is 8.86. The van der Waals surface area contributed by atoms with Gasteiger partial charge in [-0.25, -0.2) is 4.39 Å². The van der Waals surface area contributed by atoms with Gasteiger partial charge < -0.3 is 15.1 Å². The van der Waals surface area contributed by atoms with Gasteiger partial charge in [0.25, 0.3) is 5.91 Å². The lowest BCUT2D eigenvalue weighted by Gasteiger charge is -2.32. The van der Waals surface area contributed by atoms with Gasteiger partial charge in [0.1, 0.15) is 11.5 Å². The highest BCUT2D eigenvalue weighted by Crippen LogP contribution is 2.32. The van der Waals surface area contributed by atoms with Crippen molar-refractivity contribution in [3.63, 3.8) is 0 Å². The number of nitrogens with one attached hydrogen (secondary N) is 1. The minimum Gasteiger partial charge on any atom is -0.370 e. The van der Waals surface area contributed by atoms with E-state index in [4.69, 9.17) is 0 Å². The third-order valence-electron chi connectivity index (χ3n) is 6.06. The van der Waals surface area contributed by atoms with Crippen LogP contribution in [0.3, 0.4) is 0 Å². The van der Waals surface area contributed by atoms with Crippen molar-refractivity contribution >= 4 is 23.2 Å². The first kappa shape index (κ1) is 20.4. The van der Waals surface area contributed by atoms with Crippen LogP contribution in [0.5, 0.6) is 0 Å². The molecule has 6 heteroatoms. The molecule has 1 atom stereocenters. The van der Waals surface area contributed by atoms with Crippen molar-refractivity contribution < 1.29 is 14.0 Å². The molecule has 5 nitrogen and oxygen atoms in total. The third kappa shape index (κ3) is 4.32. The molecule has 158 valence electrons. The zero-order valence-electron chi connectivity index (χ0n) is 17.4. The Morgan fingerprint density at radius 3 is 2.47 bits per heavy atom. The highest BCUT2D eigenvalue weighted by molar-refractivity contribution is 5.98. The number of para-hydroxylation sites is 1. The Balaban J connectivity index is 1.46. The Bertz CT molecular complexity index is 923. The fraction of sp³-hybridized carbons (Fsp3) is 0.417. The van der Waals surface area contributed by atoms with E-state index in [0.29, 0.717) is 25.1 Å². The zero-order valence-corrected chi connectivity index (χ0v) is 17.4. The van der Waals surface area contributed by atoms with Gasteiger partial charge in [-0.3, -0.25) is 9.59 Å². The molecule has 0 spiro atoms. The minimum absolute atomic E-state index is 0.0591. The Hall–Kier alpha value is -2.89. The molecule has 2 aromatic carbocycles. The van der Waals surface area contributed by atoms with Gasteiger partial charge in [0.2, 0.25) is 5.91 Å². The van der Waals surface area contributed by atoms with Crippen molar-refractivity contribution in [3.05, 3.63) is 59.4 Å². The molecule has 2 heterocycles. The van der Waals surface area contributed by atoms with Gasteiger partial charge in [-0.15, -0.1) is 0 Å². The molecule has 2 aliphatic rings. The normalized spacial score (nSPS) is 19.1. The highest BCUT2D eigenvalue weighted by Gasteiger charge is 2.30. The van der Waals surface area contributed by atoms with Crippen molar-refractivity contribution in [1.82, 2.24) is 4.90 Å². The molecule has 0 aliphatic carbocycles. The zero-order chi connectivity index (χ0) is 21.1. The Morgan fingerprint density at radius 2 is 1.73 bits per heavy atom. The number of benzene rings is 2. The summed E-state index contributed by atoms with van der Waals surface area (Å²) in [5, 5.41) is 2.84. The quantitative estimate of drug-likeness (QED) is 0.822. The monoisotopic (exact) mass is 409 g/mol. The summed E-state index contributed by atoms with van der Waals surface area (Å²) < 4.78 is 14.6. The maximum Gasteiger partial charge on any atom is 0.253 e. The first-order valence-electron chi connectivity index (χ1n) is 10.7. The number of likely N-dealkylation sites (tertiary alicyclic amines) is 1. The molecule has 2 fully saturated rings. The number of hydrogen-bond donors (Lipinski definition) is 1. The van der Waals surface area contributed by atoms with Crippen molar-refractivity contribution in [3.8, 4) is 0 Å². The number of carbonyl (C=O) groups is 2. The summed E-state index contributed by atoms with van der Waals surface area (Å²) in [6.45, 7) is 4.71. The van der Waals surface area contributed by atoms with Crippen LogP contribution in [0.25, 0.3) is 0 Å². The molecule has 30 heavy (non-hydrogen) atoms. The van der Waals surface area contributed by atoms with Gasteiger partial charge in [-0.1, -0.05) is 23.8 Å². The van der Waals surface area contributed by atoms with Crippen LogP contribution in [0.4, 0.5) is 15.8 Å². The summed E-state index contributed by atoms with van der Waals surface area (Å²) in [6, 6.07) is 12.4. The van der Waals surface area contributed by atoms with E-state index in [2.05, 4.69) is 10.2 Å². The number of carbonyl (C=O) groups excluding carboxylic acids is 2. The van der Waals surface area contributed by atoms with Gasteiger partial charge in [0, 0.05) is 31.7 Å². The summed E-state index contributed by atoms with van der Waals surface area (Å²) in [5.41, 5.74) is 2.73. The SMILES string of the molecule is Cc1ccc(C(=O)N2CCCC(C(=O)Nc3c(F)cccc3N3CCCC3)C2)cc1. The van der Waals surface area contributed by atoms with Gasteiger partial charge in [0.15, 0.2) is 0 Å². The number of rotatable bonds is 4. The van der Waals surface area contributed by atoms with Crippen LogP contribution in [-0.2, 0) is 4.79 Å². The number of anilines is 2. The molecule has 2 aliphatic heterocycles. The first-order valence-corrected chi connectivity index (χ1v) is 10.7. The van der Waals surface area contributed by atoms with Crippen molar-refractivity contribution in [2.24, 2.45) is 5.92 Å². The van der Waals surface area contributed by atoms with Crippen LogP contribution in [0, 0.1) is 18.7 Å². The highest BCUT2D eigenvalue weighted by atomic mass is 19.1. The van der Waals surface area contributed by atoms with Crippen LogP contribution >= 0.6 is 0 Å². The van der Waals surface area contributed by atoms with E-state index in [0.717, 1.165) is 43.6 Å². The maximum absolute atomic E-state index is 14.6. The summed E-state index contributed by atoms with van der Waals surface area (Å²) in [4.78, 5) is 29.7. The van der Waals surface area contributed by atoms with Crippen molar-refractivity contribution in [2.75, 3.05) is 36.4 Å². The Kier molecular flexibility index (Phi) is 6.02. The molecule has 0 aromatic heterocycles. The van der Waals surface area contributed by atoms with E-state index in [-0.39, 0.29) is 23.4 Å². The molecule has 2 saturated heterocycles. The Morgan fingerprint density at radius 1 is 1.00 bits per heavy atom. The predicted molar refractivity (Wildman–Crippen MR) is 116 cm³/mol. The summed E-state index contributed by atoms with van der Waals surface area (Å²) in [5.74, 6) is -1.05. The summed E-state index contributed by atoms with van der Waals surface area (Å²) in [7, 11) is 0. The van der Waals surface area contributed by atoms with Gasteiger partial charge in [0.05, 0.1) is 11.6 Å². The first-order chi connectivity index (χ1) is 14.5. The molecule has 2 amide bonds. The third-order valence-corrected chi connectivity index (χ3v) is 6.06. The Labute approximate surface area is 176 Å².